The van der Waals surface area contributed by atoms with Gasteiger partial charge in [-0.25, -0.2) is 9.59 Å². The summed E-state index contributed by atoms with van der Waals surface area (Å²) in [6, 6.07) is 8.02. The van der Waals surface area contributed by atoms with Gasteiger partial charge in [0.15, 0.2) is 17.1 Å². The molecule has 0 spiro atoms. The molecule has 1 aliphatic carbocycles. The molecule has 0 unspecified atom stereocenters. The average molecular weight is 489 g/mol. The van der Waals surface area contributed by atoms with Crippen molar-refractivity contribution in [2.24, 2.45) is 0 Å². The molecule has 2 aliphatic rings. The lowest BCUT2D eigenvalue weighted by Crippen LogP contribution is -2.11. The summed E-state index contributed by atoms with van der Waals surface area (Å²) in [6.45, 7) is 1.88. The summed E-state index contributed by atoms with van der Waals surface area (Å²) in [4.78, 5) is 35.9. The maximum Gasteiger partial charge on any atom is 0.336 e. The molecule has 33 heavy (non-hydrogen) atoms. The largest absolute Gasteiger partial charge is 0.506 e. The Kier molecular flexibility index (Phi) is 5.65. The molecule has 10 heteroatoms. The van der Waals surface area contributed by atoms with E-state index in [0.29, 0.717) is 22.1 Å². The quantitative estimate of drug-likeness (QED) is 0.319. The van der Waals surface area contributed by atoms with Gasteiger partial charge in [-0.2, -0.15) is 0 Å². The monoisotopic (exact) mass is 488 g/mol. The third kappa shape index (κ3) is 3.63. The minimum absolute atomic E-state index is 0.00353. The highest BCUT2D eigenvalue weighted by Crippen LogP contribution is 2.47. The van der Waals surface area contributed by atoms with Gasteiger partial charge in [-0.3, -0.25) is 4.79 Å². The maximum atomic E-state index is 12.6. The topological polar surface area (TPSA) is 134 Å². The number of hydrogen-bond donors (Lipinski definition) is 3. The van der Waals surface area contributed by atoms with E-state index in [4.69, 9.17) is 32.4 Å². The zero-order valence-corrected chi connectivity index (χ0v) is 18.3. The van der Waals surface area contributed by atoms with Crippen molar-refractivity contribution in [3.63, 3.8) is 0 Å². The Morgan fingerprint density at radius 2 is 1.70 bits per heavy atom. The van der Waals surface area contributed by atoms with Gasteiger partial charge in [-0.15, -0.1) is 0 Å². The molecule has 2 aromatic carbocycles. The number of halogens is 2. The van der Waals surface area contributed by atoms with Gasteiger partial charge in [0.25, 0.3) is 0 Å². The Morgan fingerprint density at radius 1 is 1.00 bits per heavy atom. The van der Waals surface area contributed by atoms with Gasteiger partial charge in [0.2, 0.25) is 5.43 Å². The van der Waals surface area contributed by atoms with E-state index in [1.54, 1.807) is 6.92 Å². The van der Waals surface area contributed by atoms with Crippen LogP contribution in [0.1, 0.15) is 27.6 Å². The number of aromatic hydroxyl groups is 1. The van der Waals surface area contributed by atoms with Crippen LogP contribution in [0.25, 0.3) is 33.4 Å². The number of rotatable bonds is 5. The highest BCUT2D eigenvalue weighted by atomic mass is 35.5. The molecule has 0 aromatic heterocycles. The van der Waals surface area contributed by atoms with Gasteiger partial charge >= 0.3 is 11.9 Å². The first-order chi connectivity index (χ1) is 15.6. The van der Waals surface area contributed by atoms with Crippen LogP contribution in [0.15, 0.2) is 45.6 Å². The van der Waals surface area contributed by atoms with Crippen LogP contribution in [0.4, 0.5) is 0 Å². The summed E-state index contributed by atoms with van der Waals surface area (Å²) in [6.07, 6.45) is 0. The molecule has 2 aromatic rings. The summed E-state index contributed by atoms with van der Waals surface area (Å²) in [5.41, 5.74) is -0.503. The van der Waals surface area contributed by atoms with Gasteiger partial charge in [0, 0.05) is 16.5 Å². The summed E-state index contributed by atoms with van der Waals surface area (Å²) in [5, 5.41) is 28.9. The number of ether oxygens (including phenoxy) is 1. The molecule has 0 amide bonds. The summed E-state index contributed by atoms with van der Waals surface area (Å²) in [5.74, 6) is -3.22. The average Bonchev–Trinajstić information content (AvgIpc) is 2.78. The third-order valence-electron chi connectivity index (χ3n) is 5.03. The second-order valence-corrected chi connectivity index (χ2v) is 7.71. The number of carbonyl (C=O) groups is 2. The SMILES string of the molecule is CCOc1cc2c(-c3ccc(C(=O)O)c(C(=O)O)c3)c3ccc(O)c(Cl)c3oc-2c(Cl)c1=O. The van der Waals surface area contributed by atoms with Crippen LogP contribution in [0.2, 0.25) is 10.0 Å². The molecular weight excluding hydrogens is 475 g/mol. The molecule has 0 radical (unpaired) electrons. The molecule has 0 atom stereocenters. The van der Waals surface area contributed by atoms with E-state index >= 15 is 0 Å². The standard InChI is InChI=1S/C23H14Cl2O8/c1-2-32-15-8-13-16(9-3-4-10(22(28)29)12(7-9)23(30)31)11-5-6-14(26)17(24)20(11)33-21(13)18(25)19(15)27/h3-8,26H,2H2,1H3,(H,28,29)(H,30,31). The van der Waals surface area contributed by atoms with Crippen molar-refractivity contribution in [3.05, 3.63) is 67.8 Å². The normalized spacial score (nSPS) is 11.1. The molecule has 3 N–H and O–H groups in total. The van der Waals surface area contributed by atoms with Crippen molar-refractivity contribution in [3.8, 4) is 33.9 Å². The minimum Gasteiger partial charge on any atom is -0.506 e. The van der Waals surface area contributed by atoms with Crippen LogP contribution in [0.3, 0.4) is 0 Å². The number of carboxylic acids is 2. The molecule has 1 aliphatic heterocycles. The predicted molar refractivity (Wildman–Crippen MR) is 121 cm³/mol. The smallest absolute Gasteiger partial charge is 0.336 e. The van der Waals surface area contributed by atoms with E-state index in [2.05, 4.69) is 0 Å². The number of hydrogen-bond acceptors (Lipinski definition) is 6. The van der Waals surface area contributed by atoms with E-state index in [1.165, 1.54) is 30.3 Å². The summed E-state index contributed by atoms with van der Waals surface area (Å²) < 4.78 is 11.2. The van der Waals surface area contributed by atoms with Gasteiger partial charge in [0.05, 0.1) is 17.7 Å². The lowest BCUT2D eigenvalue weighted by Gasteiger charge is -2.18. The Balaban J connectivity index is 2.21. The Hall–Kier alpha value is -3.75. The van der Waals surface area contributed by atoms with Crippen molar-refractivity contribution < 1.29 is 34.1 Å². The minimum atomic E-state index is -1.44. The van der Waals surface area contributed by atoms with Crippen LogP contribution in [-0.2, 0) is 0 Å². The van der Waals surface area contributed by atoms with Crippen LogP contribution >= 0.6 is 23.2 Å². The van der Waals surface area contributed by atoms with Crippen LogP contribution in [-0.4, -0.2) is 33.9 Å². The lowest BCUT2D eigenvalue weighted by molar-refractivity contribution is 0.0651. The molecule has 0 saturated carbocycles. The van der Waals surface area contributed by atoms with E-state index in [1.807, 2.05) is 0 Å². The number of phenols is 1. The van der Waals surface area contributed by atoms with Crippen LogP contribution in [0.5, 0.6) is 11.5 Å². The van der Waals surface area contributed by atoms with E-state index in [-0.39, 0.29) is 39.5 Å². The zero-order chi connectivity index (χ0) is 24.0. The van der Waals surface area contributed by atoms with Gasteiger partial charge in [-0.1, -0.05) is 29.3 Å². The number of carboxylic acid groups (broad SMARTS) is 2. The Morgan fingerprint density at radius 3 is 2.33 bits per heavy atom. The molecule has 0 saturated heterocycles. The third-order valence-corrected chi connectivity index (χ3v) is 5.74. The van der Waals surface area contributed by atoms with Gasteiger partial charge in [-0.05, 0) is 42.8 Å². The molecule has 4 rings (SSSR count). The second kappa shape index (κ2) is 8.31. The first-order valence-corrected chi connectivity index (χ1v) is 10.3. The first-order valence-electron chi connectivity index (χ1n) is 9.50. The maximum absolute atomic E-state index is 12.6. The fourth-order valence-electron chi connectivity index (χ4n) is 3.60. The number of phenolic OH excluding ortho intramolecular Hbond substituents is 1. The number of fused-ring (bicyclic) bond motifs is 2. The molecular formula is C23H14Cl2O8. The Labute approximate surface area is 195 Å². The van der Waals surface area contributed by atoms with Gasteiger partial charge < -0.3 is 24.5 Å². The van der Waals surface area contributed by atoms with Crippen molar-refractivity contribution >= 4 is 46.1 Å². The summed E-state index contributed by atoms with van der Waals surface area (Å²) in [7, 11) is 0. The molecule has 0 bridgehead atoms. The molecule has 1 heterocycles. The number of aromatic carboxylic acids is 2. The van der Waals surface area contributed by atoms with Crippen LogP contribution in [0, 0.1) is 0 Å². The van der Waals surface area contributed by atoms with E-state index in [9.17, 15) is 29.7 Å². The highest BCUT2D eigenvalue weighted by molar-refractivity contribution is 6.37. The van der Waals surface area contributed by atoms with Crippen molar-refractivity contribution in [2.45, 2.75) is 6.92 Å². The number of benzene rings is 3. The second-order valence-electron chi connectivity index (χ2n) is 6.95. The molecule has 8 nitrogen and oxygen atoms in total. The molecule has 168 valence electrons. The highest BCUT2D eigenvalue weighted by Gasteiger charge is 2.27. The van der Waals surface area contributed by atoms with E-state index in [0.717, 1.165) is 6.07 Å². The fraction of sp³-hybridized carbons (Fsp3) is 0.0870. The lowest BCUT2D eigenvalue weighted by atomic mass is 9.91. The van der Waals surface area contributed by atoms with Crippen molar-refractivity contribution in [1.29, 1.82) is 0 Å². The first kappa shape index (κ1) is 22.4. The predicted octanol–water partition coefficient (Wildman–Crippen LogP) is 5.37. The van der Waals surface area contributed by atoms with Crippen molar-refractivity contribution in [2.75, 3.05) is 6.61 Å². The Bertz CT molecular complexity index is 1490. The molecule has 0 fully saturated rings. The van der Waals surface area contributed by atoms with E-state index < -0.39 is 28.5 Å². The summed E-state index contributed by atoms with van der Waals surface area (Å²) >= 11 is 12.5. The van der Waals surface area contributed by atoms with Crippen LogP contribution < -0.4 is 10.2 Å². The fourth-order valence-corrected chi connectivity index (χ4v) is 4.04. The van der Waals surface area contributed by atoms with Crippen molar-refractivity contribution in [1.82, 2.24) is 0 Å². The van der Waals surface area contributed by atoms with Gasteiger partial charge in [0.1, 0.15) is 15.8 Å². The zero-order valence-electron chi connectivity index (χ0n) is 16.8.